The predicted molar refractivity (Wildman–Crippen MR) is 492 cm³/mol. The zero-order valence-electron chi connectivity index (χ0n) is 65.2. The van der Waals surface area contributed by atoms with Gasteiger partial charge in [0, 0.05) is 93.3 Å². The van der Waals surface area contributed by atoms with Crippen molar-refractivity contribution in [1.29, 1.82) is 21.0 Å². The molecule has 126 heavy (non-hydrogen) atoms. The smallest absolute Gasteiger partial charge is 0.512 e. The number of hydrogen-bond acceptors (Lipinski definition) is 24. The monoisotopic (exact) mass is 2090 g/mol. The zero-order chi connectivity index (χ0) is 90.6. The Bertz CT molecular complexity index is 6600. The van der Waals surface area contributed by atoms with Crippen LogP contribution in [0.3, 0.4) is 0 Å². The Morgan fingerprint density at radius 1 is 0.452 bits per heavy atom. The molecular formula is C84H74BBr3Cl5N9O21S2Zn. The largest absolute Gasteiger partial charge is 2.00 e. The van der Waals surface area contributed by atoms with E-state index < -0.39 is 36.9 Å². The van der Waals surface area contributed by atoms with Gasteiger partial charge in [0.25, 0.3) is 22.2 Å². The Morgan fingerprint density at radius 3 is 1.10 bits per heavy atom. The molecule has 654 valence electrons. The quantitative estimate of drug-likeness (QED) is 0.0222. The molecule has 1 aliphatic rings. The Balaban J connectivity index is 0.000000519. The number of aliphatic hydroxyl groups excluding tert-OH is 3. The Hall–Kier alpha value is -11.2. The number of phenolic OH excluding ortho intramolecular Hbond substituents is 2. The van der Waals surface area contributed by atoms with Gasteiger partial charge in [0.2, 0.25) is 11.8 Å². The number of hydrogen-bond donors (Lipinski definition) is 5. The fourth-order valence-electron chi connectivity index (χ4n) is 11.2. The van der Waals surface area contributed by atoms with Gasteiger partial charge in [0.15, 0.2) is 11.5 Å². The van der Waals surface area contributed by atoms with Crippen molar-refractivity contribution >= 4 is 184 Å². The average molecular weight is 2100 g/mol. The normalized spacial score (nSPS) is 10.7. The fourth-order valence-corrected chi connectivity index (χ4v) is 13.2. The van der Waals surface area contributed by atoms with Gasteiger partial charge < -0.3 is 77.3 Å². The topological polar surface area (TPSA) is 468 Å². The van der Waals surface area contributed by atoms with Gasteiger partial charge in [-0.25, -0.2) is 0 Å². The maximum Gasteiger partial charge on any atom is 2.00 e. The van der Waals surface area contributed by atoms with Crippen LogP contribution < -0.4 is 44.8 Å². The molecule has 42 heteroatoms. The summed E-state index contributed by atoms with van der Waals surface area (Å²) in [6.45, 7) is 8.59. The number of ether oxygens (including phenoxy) is 3. The number of imide groups is 1. The van der Waals surface area contributed by atoms with E-state index >= 15 is 0 Å². The summed E-state index contributed by atoms with van der Waals surface area (Å²) >= 11 is 38.9. The number of methoxy groups -OCH3 is 3. The molecule has 14 rings (SSSR count). The predicted octanol–water partition coefficient (Wildman–Crippen LogP) is 15.7. The molecule has 1 saturated heterocycles. The standard InChI is InChI=1S/C18H13ClN2O3.C18H16ClNO6S.C18H17NO6S.C16H9ClN2O3.C6H5Cl.C4H4ClNO2.2CN.2CH4.BBr3.H2O.Zn/c1-24-14-4-2-13(3-5-14)21-9-16(19)15-7-11(10-22)6-12(8-20)17(15)18(21)23;1-25-13-5-3-12(4-6-13)20-9-15(19)14-7-11(10-21)8-16(17(14)18(20)22)26-27(2,23)24;1-24-15-5-3-14(4-6-15)19-8-7-13-9-12(11-20)10-16(17(13)18(19)21)25-26(2,22)23;17-14-8-19(10-1-3-11(20)4-2-10)16(22)15-9(7-18)5-12(21)6-13(14)15;7-6-4-2-1-3-5-6;5-6-3(7)1-2-4(6)8;2*1-2;;;2-1(3)4;;/h2-7,9,22H,10H2,1H3;3-9,21H,10H2,1-2H3;3-10,20H,11H2,1-2H3;1-6,8,20-21H;1-5H;1-2H2;;;2*1H4;;1H2;/q;;;;;;2*-1;;;;;+2. The number of carbonyl (C=O) groups is 2. The van der Waals surface area contributed by atoms with Crippen molar-refractivity contribution in [3.8, 4) is 75.1 Å². The van der Waals surface area contributed by atoms with E-state index in [4.69, 9.17) is 104 Å². The maximum atomic E-state index is 13.1. The molecule has 0 unspecified atom stereocenters. The summed E-state index contributed by atoms with van der Waals surface area (Å²) in [6.07, 6.45) is 8.24. The van der Waals surface area contributed by atoms with Gasteiger partial charge in [-0.05, 0) is 186 Å². The van der Waals surface area contributed by atoms with Crippen LogP contribution in [0.2, 0.25) is 20.1 Å². The minimum absolute atomic E-state index is 0. The van der Waals surface area contributed by atoms with Crippen LogP contribution in [0.15, 0.2) is 226 Å². The van der Waals surface area contributed by atoms with Crippen LogP contribution in [0.1, 0.15) is 55.5 Å². The van der Waals surface area contributed by atoms with Gasteiger partial charge >= 0.3 is 42.9 Å². The van der Waals surface area contributed by atoms with E-state index in [2.05, 4.69) is 47.3 Å². The first-order valence-electron chi connectivity index (χ1n) is 34.2. The molecule has 1 fully saturated rings. The Kier molecular flexibility index (Phi) is 45.8. The number of pyridine rings is 4. The van der Waals surface area contributed by atoms with E-state index in [1.807, 2.05) is 42.5 Å². The van der Waals surface area contributed by atoms with Gasteiger partial charge in [0.05, 0.1) is 107 Å². The zero-order valence-corrected chi connectivity index (χ0v) is 78.3. The van der Waals surface area contributed by atoms with Crippen LogP contribution in [0.25, 0.3) is 65.8 Å². The molecule has 1 aliphatic heterocycles. The summed E-state index contributed by atoms with van der Waals surface area (Å²) in [5.41, 5.74) is 2.07. The van der Waals surface area contributed by atoms with Gasteiger partial charge in [0.1, 0.15) is 34.8 Å². The third-order valence-electron chi connectivity index (χ3n) is 16.5. The summed E-state index contributed by atoms with van der Waals surface area (Å²) in [6, 6.07) is 53.0. The fraction of sp³-hybridized carbons (Fsp3) is 0.143. The third kappa shape index (κ3) is 30.0. The van der Waals surface area contributed by atoms with E-state index in [0.29, 0.717) is 82.3 Å². The molecule has 30 nitrogen and oxygen atoms in total. The Morgan fingerprint density at radius 2 is 0.770 bits per heavy atom. The molecule has 0 saturated carbocycles. The molecule has 9 aromatic carbocycles. The molecule has 4 aromatic heterocycles. The van der Waals surface area contributed by atoms with Gasteiger partial charge in [-0.2, -0.15) is 31.8 Å². The number of phenols is 2. The van der Waals surface area contributed by atoms with Crippen LogP contribution >= 0.6 is 105 Å². The van der Waals surface area contributed by atoms with Crippen molar-refractivity contribution in [2.24, 2.45) is 0 Å². The minimum Gasteiger partial charge on any atom is -0.512 e. The van der Waals surface area contributed by atoms with Crippen molar-refractivity contribution in [3.63, 3.8) is 0 Å². The molecule has 0 spiro atoms. The number of fused-ring (bicyclic) bond motifs is 4. The molecule has 13 aromatic rings. The number of amides is 2. The number of aliphatic hydroxyl groups is 3. The summed E-state index contributed by atoms with van der Waals surface area (Å²) in [5.74, 6) is 0.996. The van der Waals surface area contributed by atoms with Crippen LogP contribution in [-0.2, 0) is 69.1 Å². The maximum absolute atomic E-state index is 13.1. The first-order valence-corrected chi connectivity index (χ1v) is 42.5. The van der Waals surface area contributed by atoms with Gasteiger partial charge in [-0.1, -0.05) is 79.5 Å². The number of benzene rings is 9. The van der Waals surface area contributed by atoms with Crippen LogP contribution in [0, 0.1) is 46.3 Å². The number of aromatic hydroxyl groups is 2. The van der Waals surface area contributed by atoms with Crippen LogP contribution in [0.5, 0.6) is 40.2 Å². The van der Waals surface area contributed by atoms with Gasteiger partial charge in [-0.3, -0.25) is 47.0 Å². The van der Waals surface area contributed by atoms with Crippen molar-refractivity contribution in [2.75, 3.05) is 33.8 Å². The third-order valence-corrected chi connectivity index (χ3v) is 19.0. The summed E-state index contributed by atoms with van der Waals surface area (Å²) in [5, 5.41) is 81.7. The average Bonchev–Trinajstić information content (AvgIpc) is 0.817. The number of nitriles is 2. The second-order valence-corrected chi connectivity index (χ2v) is 36.1. The van der Waals surface area contributed by atoms with Crippen LogP contribution in [-0.4, -0.2) is 119 Å². The second kappa shape index (κ2) is 52.1. The van der Waals surface area contributed by atoms with E-state index in [9.17, 15) is 81.7 Å². The molecule has 7 N–H and O–H groups in total. The van der Waals surface area contributed by atoms with Crippen LogP contribution in [0.4, 0.5) is 0 Å². The number of aromatic nitrogens is 4. The van der Waals surface area contributed by atoms with Gasteiger partial charge in [-0.15, -0.1) is 47.3 Å². The van der Waals surface area contributed by atoms with Crippen molar-refractivity contribution in [3.05, 3.63) is 309 Å². The van der Waals surface area contributed by atoms with Crippen molar-refractivity contribution in [1.82, 2.24) is 22.7 Å². The molecule has 0 atom stereocenters. The van der Waals surface area contributed by atoms with E-state index in [1.165, 1.54) is 92.5 Å². The molecule has 2 amide bonds. The number of carbonyl (C=O) groups excluding carboxylic acids is 2. The van der Waals surface area contributed by atoms with E-state index in [-0.39, 0.29) is 164 Å². The molecule has 5 heterocycles. The number of rotatable bonds is 14. The first kappa shape index (κ1) is 111. The van der Waals surface area contributed by atoms with E-state index in [1.54, 1.807) is 124 Å². The summed E-state index contributed by atoms with van der Waals surface area (Å²) in [4.78, 5) is 72.3. The summed E-state index contributed by atoms with van der Waals surface area (Å²) in [7, 11) is -3.11. The number of halogens is 8. The molecular weight excluding hydrogens is 2030 g/mol. The first-order chi connectivity index (χ1) is 58.0. The van der Waals surface area contributed by atoms with Crippen molar-refractivity contribution < 1.29 is 99.5 Å². The minimum atomic E-state index is -3.90. The van der Waals surface area contributed by atoms with Crippen molar-refractivity contribution in [2.45, 2.75) is 47.5 Å². The second-order valence-electron chi connectivity index (χ2n) is 24.5. The molecule has 0 radical (unpaired) electrons. The van der Waals surface area contributed by atoms with E-state index in [0.717, 1.165) is 17.5 Å². The molecule has 0 bridgehead atoms. The molecule has 0 aliphatic carbocycles. The Labute approximate surface area is 785 Å². The SMILES string of the molecule is BrB(Br)Br.C.C.COc1ccc(-n2cc(Cl)c3cc(CO)cc(C#N)c3c2=O)cc1.COc1ccc(-n2cc(Cl)c3cc(CO)cc(OS(C)(=O)=O)c3c2=O)cc1.COc1ccc(-n2ccc3cc(CO)cc(OS(C)(=O)=O)c3c2=O)cc1.Clc1ccccc1.N#Cc1cc(O)cc2c(Cl)cn(-c3ccc(O)cc3)c(=O)c12.O.O=C1CCC(=O)N1Cl.[C-]#N.[C-]#N.[Zn+2]. The summed E-state index contributed by atoms with van der Waals surface area (Å²) < 4.78 is 78.0. The number of nitrogens with zero attached hydrogens (tertiary/aromatic N) is 9.